The molecule has 78 valence electrons. The van der Waals surface area contributed by atoms with Gasteiger partial charge in [-0.2, -0.15) is 12.6 Å². The highest BCUT2D eigenvalue weighted by Crippen LogP contribution is 2.12. The third kappa shape index (κ3) is 3.06. The van der Waals surface area contributed by atoms with E-state index in [2.05, 4.69) is 27.9 Å². The normalized spacial score (nSPS) is 10.0. The first-order chi connectivity index (χ1) is 6.63. The smallest absolute Gasteiger partial charge is 0.133 e. The van der Waals surface area contributed by atoms with E-state index < -0.39 is 0 Å². The maximum atomic E-state index is 4.30. The summed E-state index contributed by atoms with van der Waals surface area (Å²) in [7, 11) is 3.92. The molecule has 1 aromatic rings. The number of anilines is 2. The first-order valence-corrected chi connectivity index (χ1v) is 5.14. The molecule has 1 N–H and O–H groups in total. The second-order valence-corrected chi connectivity index (χ2v) is 3.65. The summed E-state index contributed by atoms with van der Waals surface area (Å²) >= 11 is 4.13. The van der Waals surface area contributed by atoms with Gasteiger partial charge in [0.1, 0.15) is 17.5 Å². The fraction of sp³-hybridized carbons (Fsp3) is 0.556. The van der Waals surface area contributed by atoms with Gasteiger partial charge in [0.2, 0.25) is 0 Å². The molecule has 0 spiro atoms. The molecule has 1 heterocycles. The van der Waals surface area contributed by atoms with Crippen LogP contribution in [0.15, 0.2) is 6.07 Å². The minimum atomic E-state index is 0.776. The Morgan fingerprint density at radius 2 is 2.14 bits per heavy atom. The van der Waals surface area contributed by atoms with Crippen molar-refractivity contribution in [1.29, 1.82) is 0 Å². The highest BCUT2D eigenvalue weighted by molar-refractivity contribution is 7.80. The Kier molecular flexibility index (Phi) is 4.00. The van der Waals surface area contributed by atoms with Crippen LogP contribution >= 0.6 is 12.6 Å². The molecule has 0 bridgehead atoms. The summed E-state index contributed by atoms with van der Waals surface area (Å²) < 4.78 is 0. The maximum absolute atomic E-state index is 4.30. The number of thiol groups is 1. The number of rotatable bonds is 4. The van der Waals surface area contributed by atoms with Crippen LogP contribution in [0.1, 0.15) is 5.82 Å². The molecule has 1 aromatic heterocycles. The van der Waals surface area contributed by atoms with Crippen molar-refractivity contribution >= 4 is 24.3 Å². The molecule has 0 amide bonds. The molecule has 0 aliphatic carbocycles. The van der Waals surface area contributed by atoms with Gasteiger partial charge in [-0.25, -0.2) is 9.97 Å². The summed E-state index contributed by atoms with van der Waals surface area (Å²) in [5.41, 5.74) is 0. The molecule has 0 aliphatic heterocycles. The lowest BCUT2D eigenvalue weighted by atomic mass is 10.4. The first-order valence-electron chi connectivity index (χ1n) is 4.51. The van der Waals surface area contributed by atoms with Gasteiger partial charge in [-0.05, 0) is 6.92 Å². The molecule has 0 unspecified atom stereocenters. The molecule has 0 saturated carbocycles. The van der Waals surface area contributed by atoms with Crippen LogP contribution in [0.5, 0.6) is 0 Å². The average molecular weight is 212 g/mol. The van der Waals surface area contributed by atoms with Gasteiger partial charge in [0.15, 0.2) is 0 Å². The number of aryl methyl sites for hydroxylation is 1. The standard InChI is InChI=1S/C9H16N4S/c1-7-11-8(10-4-5-14)6-9(12-7)13(2)3/h6,14H,4-5H2,1-3H3,(H,10,11,12). The lowest BCUT2D eigenvalue weighted by molar-refractivity contribution is 0.983. The summed E-state index contributed by atoms with van der Waals surface area (Å²) in [6, 6.07) is 1.93. The van der Waals surface area contributed by atoms with Gasteiger partial charge in [0.05, 0.1) is 0 Å². The van der Waals surface area contributed by atoms with E-state index in [9.17, 15) is 0 Å². The SMILES string of the molecule is Cc1nc(NCCS)cc(N(C)C)n1. The van der Waals surface area contributed by atoms with Crippen molar-refractivity contribution < 1.29 is 0 Å². The van der Waals surface area contributed by atoms with Crippen molar-refractivity contribution in [2.75, 3.05) is 36.6 Å². The van der Waals surface area contributed by atoms with E-state index in [-0.39, 0.29) is 0 Å². The van der Waals surface area contributed by atoms with Crippen LogP contribution in [0.3, 0.4) is 0 Å². The Labute approximate surface area is 90.2 Å². The Hall–Kier alpha value is -0.970. The predicted octanol–water partition coefficient (Wildman–Crippen LogP) is 1.19. The molecule has 0 aromatic carbocycles. The molecule has 0 aliphatic rings. The average Bonchev–Trinajstić information content (AvgIpc) is 2.14. The van der Waals surface area contributed by atoms with E-state index in [1.54, 1.807) is 0 Å². The lowest BCUT2D eigenvalue weighted by Gasteiger charge is -2.13. The third-order valence-corrected chi connectivity index (χ3v) is 1.92. The summed E-state index contributed by atoms with van der Waals surface area (Å²) in [4.78, 5) is 10.5. The number of hydrogen-bond acceptors (Lipinski definition) is 5. The molecule has 4 nitrogen and oxygen atoms in total. The first kappa shape index (κ1) is 11.1. The minimum absolute atomic E-state index is 0.776. The molecule has 0 fully saturated rings. The van der Waals surface area contributed by atoms with Crippen LogP contribution in [-0.4, -0.2) is 36.4 Å². The monoisotopic (exact) mass is 212 g/mol. The number of nitrogens with one attached hydrogen (secondary N) is 1. The Balaban J connectivity index is 2.84. The second-order valence-electron chi connectivity index (χ2n) is 3.20. The second kappa shape index (κ2) is 5.05. The number of aromatic nitrogens is 2. The fourth-order valence-electron chi connectivity index (χ4n) is 1.06. The Morgan fingerprint density at radius 1 is 1.43 bits per heavy atom. The van der Waals surface area contributed by atoms with Crippen molar-refractivity contribution in [1.82, 2.24) is 9.97 Å². The Bertz CT molecular complexity index is 301. The zero-order chi connectivity index (χ0) is 10.6. The molecule has 1 rings (SSSR count). The van der Waals surface area contributed by atoms with Crippen molar-refractivity contribution in [2.24, 2.45) is 0 Å². The van der Waals surface area contributed by atoms with E-state index in [1.165, 1.54) is 0 Å². The van der Waals surface area contributed by atoms with Crippen LogP contribution in [0, 0.1) is 6.92 Å². The molecule has 0 atom stereocenters. The summed E-state index contributed by atoms with van der Waals surface area (Å²) in [6.45, 7) is 2.70. The highest BCUT2D eigenvalue weighted by Gasteiger charge is 2.02. The molecular weight excluding hydrogens is 196 g/mol. The lowest BCUT2D eigenvalue weighted by Crippen LogP contribution is -2.13. The molecule has 0 radical (unpaired) electrons. The van der Waals surface area contributed by atoms with E-state index in [0.29, 0.717) is 0 Å². The molecule has 0 saturated heterocycles. The van der Waals surface area contributed by atoms with Crippen LogP contribution in [0.2, 0.25) is 0 Å². The van der Waals surface area contributed by atoms with Gasteiger partial charge in [-0.15, -0.1) is 0 Å². The zero-order valence-electron chi connectivity index (χ0n) is 8.78. The van der Waals surface area contributed by atoms with Crippen LogP contribution in [0.25, 0.3) is 0 Å². The highest BCUT2D eigenvalue weighted by atomic mass is 32.1. The van der Waals surface area contributed by atoms with E-state index >= 15 is 0 Å². The van der Waals surface area contributed by atoms with Crippen molar-refractivity contribution in [3.05, 3.63) is 11.9 Å². The minimum Gasteiger partial charge on any atom is -0.369 e. The topological polar surface area (TPSA) is 41.1 Å². The van der Waals surface area contributed by atoms with Crippen LogP contribution < -0.4 is 10.2 Å². The summed E-state index contributed by atoms with van der Waals surface area (Å²) in [6.07, 6.45) is 0. The fourth-order valence-corrected chi connectivity index (χ4v) is 1.17. The number of nitrogens with zero attached hydrogens (tertiary/aromatic N) is 3. The zero-order valence-corrected chi connectivity index (χ0v) is 9.67. The van der Waals surface area contributed by atoms with Crippen molar-refractivity contribution in [3.63, 3.8) is 0 Å². The van der Waals surface area contributed by atoms with Crippen LogP contribution in [-0.2, 0) is 0 Å². The maximum Gasteiger partial charge on any atom is 0.133 e. The van der Waals surface area contributed by atoms with Crippen LogP contribution in [0.4, 0.5) is 11.6 Å². The predicted molar refractivity (Wildman–Crippen MR) is 63.4 cm³/mol. The van der Waals surface area contributed by atoms with E-state index in [0.717, 1.165) is 29.8 Å². The van der Waals surface area contributed by atoms with Gasteiger partial charge in [0, 0.05) is 32.5 Å². The number of hydrogen-bond donors (Lipinski definition) is 2. The van der Waals surface area contributed by atoms with Gasteiger partial charge in [0.25, 0.3) is 0 Å². The summed E-state index contributed by atoms with van der Waals surface area (Å²) in [5.74, 6) is 3.34. The van der Waals surface area contributed by atoms with Gasteiger partial charge >= 0.3 is 0 Å². The molecular formula is C9H16N4S. The third-order valence-electron chi connectivity index (χ3n) is 1.70. The van der Waals surface area contributed by atoms with E-state index in [1.807, 2.05) is 32.0 Å². The molecule has 14 heavy (non-hydrogen) atoms. The van der Waals surface area contributed by atoms with Gasteiger partial charge in [-0.1, -0.05) is 0 Å². The molecule has 5 heteroatoms. The largest absolute Gasteiger partial charge is 0.369 e. The Morgan fingerprint density at radius 3 is 2.71 bits per heavy atom. The van der Waals surface area contributed by atoms with Gasteiger partial charge < -0.3 is 10.2 Å². The van der Waals surface area contributed by atoms with Crippen molar-refractivity contribution in [3.8, 4) is 0 Å². The van der Waals surface area contributed by atoms with Gasteiger partial charge in [-0.3, -0.25) is 0 Å². The summed E-state index contributed by atoms with van der Waals surface area (Å²) in [5, 5.41) is 3.18. The quantitative estimate of drug-likeness (QED) is 0.736. The van der Waals surface area contributed by atoms with Crippen molar-refractivity contribution in [2.45, 2.75) is 6.92 Å². The van der Waals surface area contributed by atoms with E-state index in [4.69, 9.17) is 0 Å².